The number of nitrogens with zero attached hydrogens (tertiary/aromatic N) is 5. The van der Waals surface area contributed by atoms with Crippen LogP contribution in [0.3, 0.4) is 0 Å². The smallest absolute Gasteiger partial charge is 0.242 e. The predicted molar refractivity (Wildman–Crippen MR) is 103 cm³/mol. The van der Waals surface area contributed by atoms with Crippen molar-refractivity contribution in [1.29, 1.82) is 0 Å². The van der Waals surface area contributed by atoms with Crippen molar-refractivity contribution in [2.45, 2.75) is 31.2 Å². The Morgan fingerprint density at radius 1 is 1.04 bits per heavy atom. The molecule has 0 unspecified atom stereocenters. The lowest BCUT2D eigenvalue weighted by atomic mass is 10.2. The average Bonchev–Trinajstić information content (AvgIpc) is 2.59. The molecular formula is C17H26N6O2S. The van der Waals surface area contributed by atoms with Crippen LogP contribution in [0.1, 0.15) is 31.2 Å². The molecule has 2 aromatic rings. The second kappa shape index (κ2) is 7.96. The van der Waals surface area contributed by atoms with Crippen molar-refractivity contribution in [2.24, 2.45) is 0 Å². The highest BCUT2D eigenvalue weighted by Gasteiger charge is 2.20. The van der Waals surface area contributed by atoms with Gasteiger partial charge in [-0.2, -0.15) is 15.0 Å². The Hall–Kier alpha value is -2.26. The first-order chi connectivity index (χ1) is 12.1. The second-order valence-electron chi connectivity index (χ2n) is 6.62. The first-order valence-electron chi connectivity index (χ1n) is 8.30. The van der Waals surface area contributed by atoms with Gasteiger partial charge in [0.1, 0.15) is 5.82 Å². The van der Waals surface area contributed by atoms with Gasteiger partial charge in [0.2, 0.25) is 21.9 Å². The summed E-state index contributed by atoms with van der Waals surface area (Å²) in [7, 11) is 3.24. The maximum absolute atomic E-state index is 12.5. The van der Waals surface area contributed by atoms with Crippen molar-refractivity contribution in [3.8, 4) is 0 Å². The van der Waals surface area contributed by atoms with Gasteiger partial charge >= 0.3 is 0 Å². The summed E-state index contributed by atoms with van der Waals surface area (Å²) in [4.78, 5) is 15.3. The second-order valence-corrected chi connectivity index (χ2v) is 8.74. The molecule has 0 saturated heterocycles. The molecule has 1 aromatic heterocycles. The molecule has 0 radical (unpaired) electrons. The van der Waals surface area contributed by atoms with Crippen LogP contribution in [0.2, 0.25) is 0 Å². The lowest BCUT2D eigenvalue weighted by molar-refractivity contribution is 0.519. The molecule has 0 fully saturated rings. The van der Waals surface area contributed by atoms with E-state index in [9.17, 15) is 8.42 Å². The van der Waals surface area contributed by atoms with E-state index in [1.807, 2.05) is 38.9 Å². The average molecular weight is 379 g/mol. The SMILES string of the molecule is CC(C)c1nc(NCc2ccccc2S(=O)(=O)N(C)C)nc(N(C)C)n1. The third kappa shape index (κ3) is 4.47. The minimum absolute atomic E-state index is 0.152. The topological polar surface area (TPSA) is 91.3 Å². The Morgan fingerprint density at radius 3 is 2.27 bits per heavy atom. The first kappa shape index (κ1) is 20.1. The molecule has 0 aliphatic carbocycles. The highest BCUT2D eigenvalue weighted by atomic mass is 32.2. The van der Waals surface area contributed by atoms with E-state index < -0.39 is 10.0 Å². The van der Waals surface area contributed by atoms with Crippen LogP contribution in [0, 0.1) is 0 Å². The van der Waals surface area contributed by atoms with Gasteiger partial charge in [0.25, 0.3) is 0 Å². The molecule has 1 aromatic carbocycles. The van der Waals surface area contributed by atoms with E-state index >= 15 is 0 Å². The predicted octanol–water partition coefficient (Wildman–Crippen LogP) is 1.92. The fourth-order valence-corrected chi connectivity index (χ4v) is 3.31. The zero-order valence-electron chi connectivity index (χ0n) is 16.1. The lowest BCUT2D eigenvalue weighted by Gasteiger charge is -2.17. The van der Waals surface area contributed by atoms with Crippen LogP contribution in [0.4, 0.5) is 11.9 Å². The van der Waals surface area contributed by atoms with Gasteiger partial charge < -0.3 is 10.2 Å². The molecule has 26 heavy (non-hydrogen) atoms. The minimum atomic E-state index is -3.52. The van der Waals surface area contributed by atoms with E-state index in [-0.39, 0.29) is 17.4 Å². The van der Waals surface area contributed by atoms with Crippen LogP contribution in [-0.2, 0) is 16.6 Å². The van der Waals surface area contributed by atoms with E-state index in [1.54, 1.807) is 18.2 Å². The number of hydrogen-bond donors (Lipinski definition) is 1. The Bertz CT molecular complexity index is 839. The fourth-order valence-electron chi connectivity index (χ4n) is 2.19. The van der Waals surface area contributed by atoms with Gasteiger partial charge in [-0.15, -0.1) is 0 Å². The van der Waals surface area contributed by atoms with Crippen LogP contribution in [-0.4, -0.2) is 55.9 Å². The van der Waals surface area contributed by atoms with Gasteiger partial charge in [-0.05, 0) is 11.6 Å². The molecule has 0 bridgehead atoms. The number of benzene rings is 1. The molecule has 8 nitrogen and oxygen atoms in total. The Kier molecular flexibility index (Phi) is 6.14. The maximum atomic E-state index is 12.5. The minimum Gasteiger partial charge on any atom is -0.350 e. The summed E-state index contributed by atoms with van der Waals surface area (Å²) in [5, 5.41) is 3.13. The maximum Gasteiger partial charge on any atom is 0.242 e. The van der Waals surface area contributed by atoms with Crippen LogP contribution in [0.25, 0.3) is 0 Å². The zero-order chi connectivity index (χ0) is 19.5. The highest BCUT2D eigenvalue weighted by molar-refractivity contribution is 7.89. The Balaban J connectivity index is 2.33. The summed E-state index contributed by atoms with van der Waals surface area (Å²) in [5.41, 5.74) is 0.652. The standard InChI is InChI=1S/C17H26N6O2S/c1-12(2)15-19-16(21-17(20-15)22(3)4)18-11-13-9-7-8-10-14(13)26(24,25)23(5)6/h7-10,12H,11H2,1-6H3,(H,18,19,20,21). The monoisotopic (exact) mass is 378 g/mol. The summed E-state index contributed by atoms with van der Waals surface area (Å²) < 4.78 is 26.2. The normalized spacial score (nSPS) is 11.8. The van der Waals surface area contributed by atoms with Crippen LogP contribution in [0.15, 0.2) is 29.2 Å². The number of rotatable bonds is 7. The van der Waals surface area contributed by atoms with Gasteiger partial charge in [-0.1, -0.05) is 32.0 Å². The summed E-state index contributed by atoms with van der Waals surface area (Å²) in [6.45, 7) is 4.31. The Labute approximate surface area is 155 Å². The van der Waals surface area contributed by atoms with E-state index in [0.29, 0.717) is 23.3 Å². The molecule has 1 N–H and O–H groups in total. The summed E-state index contributed by atoms with van der Waals surface area (Å²) in [6, 6.07) is 6.90. The lowest BCUT2D eigenvalue weighted by Crippen LogP contribution is -2.24. The van der Waals surface area contributed by atoms with E-state index in [0.717, 1.165) is 0 Å². The van der Waals surface area contributed by atoms with Gasteiger partial charge in [0.15, 0.2) is 0 Å². The fraction of sp³-hybridized carbons (Fsp3) is 0.471. The number of sulfonamides is 1. The third-order valence-electron chi connectivity index (χ3n) is 3.73. The largest absolute Gasteiger partial charge is 0.350 e. The van der Waals surface area contributed by atoms with E-state index in [2.05, 4.69) is 20.3 Å². The summed E-state index contributed by atoms with van der Waals surface area (Å²) in [6.07, 6.45) is 0. The molecule has 142 valence electrons. The summed E-state index contributed by atoms with van der Waals surface area (Å²) in [5.74, 6) is 1.81. The molecule has 1 heterocycles. The first-order valence-corrected chi connectivity index (χ1v) is 9.74. The van der Waals surface area contributed by atoms with Gasteiger partial charge in [-0.3, -0.25) is 0 Å². The van der Waals surface area contributed by atoms with Crippen molar-refractivity contribution in [2.75, 3.05) is 38.4 Å². The molecule has 0 saturated carbocycles. The van der Waals surface area contributed by atoms with Crippen molar-refractivity contribution >= 4 is 21.9 Å². The number of hydrogen-bond acceptors (Lipinski definition) is 7. The third-order valence-corrected chi connectivity index (χ3v) is 5.64. The molecule has 0 spiro atoms. The van der Waals surface area contributed by atoms with Crippen molar-refractivity contribution < 1.29 is 8.42 Å². The highest BCUT2D eigenvalue weighted by Crippen LogP contribution is 2.20. The summed E-state index contributed by atoms with van der Waals surface area (Å²) >= 11 is 0. The van der Waals surface area contributed by atoms with E-state index in [1.165, 1.54) is 18.4 Å². The van der Waals surface area contributed by atoms with Crippen LogP contribution < -0.4 is 10.2 Å². The molecule has 0 aliphatic heterocycles. The van der Waals surface area contributed by atoms with Crippen molar-refractivity contribution in [3.05, 3.63) is 35.7 Å². The molecule has 9 heteroatoms. The van der Waals surface area contributed by atoms with Gasteiger partial charge in [-0.25, -0.2) is 12.7 Å². The number of anilines is 2. The molecule has 0 aliphatic rings. The molecular weight excluding hydrogens is 352 g/mol. The van der Waals surface area contributed by atoms with Crippen molar-refractivity contribution in [1.82, 2.24) is 19.3 Å². The number of nitrogens with one attached hydrogen (secondary N) is 1. The van der Waals surface area contributed by atoms with Crippen molar-refractivity contribution in [3.63, 3.8) is 0 Å². The molecule has 0 atom stereocenters. The number of aromatic nitrogens is 3. The van der Waals surface area contributed by atoms with Crippen LogP contribution >= 0.6 is 0 Å². The quantitative estimate of drug-likeness (QED) is 0.787. The van der Waals surface area contributed by atoms with Gasteiger partial charge in [0, 0.05) is 40.7 Å². The Morgan fingerprint density at radius 2 is 1.69 bits per heavy atom. The van der Waals surface area contributed by atoms with Crippen LogP contribution in [0.5, 0.6) is 0 Å². The zero-order valence-corrected chi connectivity index (χ0v) is 16.9. The van der Waals surface area contributed by atoms with Gasteiger partial charge in [0.05, 0.1) is 4.90 Å². The van der Waals surface area contributed by atoms with E-state index in [4.69, 9.17) is 0 Å². The molecule has 0 amide bonds. The molecule has 2 rings (SSSR count).